The van der Waals surface area contributed by atoms with E-state index in [1.807, 2.05) is 43.3 Å². The molecule has 6 nitrogen and oxygen atoms in total. The molecular formula is C18H24IN3O3. The second-order valence-corrected chi connectivity index (χ2v) is 5.25. The zero-order valence-electron chi connectivity index (χ0n) is 14.4. The number of nitrogens with two attached hydrogens (primary N) is 1. The average molecular weight is 457 g/mol. The van der Waals surface area contributed by atoms with Crippen molar-refractivity contribution in [1.29, 1.82) is 0 Å². The van der Waals surface area contributed by atoms with Gasteiger partial charge in [-0.25, -0.2) is 4.99 Å². The number of aliphatic hydroxyl groups excluding tert-OH is 1. The predicted octanol–water partition coefficient (Wildman–Crippen LogP) is 2.92. The Bertz CT molecular complexity index is 690. The standard InChI is InChI=1S/C18H23N3O3.HI/c1-13-3-6-15(7-4-13)21-18(19)20-12-14-5-8-16(24-10-9-22)17(11-14)23-2;/h3-8,11,22H,9-10,12H2,1-2H3,(H3,19,20,21);1H. The quantitative estimate of drug-likeness (QED) is 0.338. The maximum atomic E-state index is 8.82. The Morgan fingerprint density at radius 1 is 1.16 bits per heavy atom. The summed E-state index contributed by atoms with van der Waals surface area (Å²) in [5.74, 6) is 1.53. The van der Waals surface area contributed by atoms with Gasteiger partial charge in [0.25, 0.3) is 0 Å². The second kappa shape index (κ2) is 10.8. The van der Waals surface area contributed by atoms with Crippen molar-refractivity contribution < 1.29 is 14.6 Å². The maximum Gasteiger partial charge on any atom is 0.193 e. The first kappa shape index (κ1) is 21.0. The van der Waals surface area contributed by atoms with E-state index >= 15 is 0 Å². The first-order valence-corrected chi connectivity index (χ1v) is 7.66. The van der Waals surface area contributed by atoms with Gasteiger partial charge in [0.2, 0.25) is 0 Å². The minimum atomic E-state index is -0.0452. The maximum absolute atomic E-state index is 8.82. The molecule has 2 aromatic carbocycles. The van der Waals surface area contributed by atoms with Crippen LogP contribution in [0.4, 0.5) is 5.69 Å². The third-order valence-electron chi connectivity index (χ3n) is 3.33. The fraction of sp³-hybridized carbons (Fsp3) is 0.278. The van der Waals surface area contributed by atoms with Crippen molar-refractivity contribution in [3.63, 3.8) is 0 Å². The monoisotopic (exact) mass is 457 g/mol. The summed E-state index contributed by atoms with van der Waals surface area (Å²) in [5.41, 5.74) is 8.94. The number of nitrogens with one attached hydrogen (secondary N) is 1. The molecule has 0 radical (unpaired) electrons. The van der Waals surface area contributed by atoms with Gasteiger partial charge in [0, 0.05) is 5.69 Å². The molecule has 0 heterocycles. The summed E-state index contributed by atoms with van der Waals surface area (Å²) in [6, 6.07) is 13.4. The third-order valence-corrected chi connectivity index (χ3v) is 3.33. The lowest BCUT2D eigenvalue weighted by molar-refractivity contribution is 0.196. The molecule has 0 unspecified atom stereocenters. The van der Waals surface area contributed by atoms with Crippen LogP contribution in [0.25, 0.3) is 0 Å². The molecule has 2 rings (SSSR count). The number of aliphatic hydroxyl groups is 1. The summed E-state index contributed by atoms with van der Waals surface area (Å²) < 4.78 is 10.7. The molecule has 0 saturated carbocycles. The fourth-order valence-electron chi connectivity index (χ4n) is 2.09. The van der Waals surface area contributed by atoms with Gasteiger partial charge in [0.05, 0.1) is 20.3 Å². The number of methoxy groups -OCH3 is 1. The number of anilines is 1. The van der Waals surface area contributed by atoms with Crippen molar-refractivity contribution >= 4 is 35.6 Å². The highest BCUT2D eigenvalue weighted by molar-refractivity contribution is 14.0. The Morgan fingerprint density at radius 2 is 1.88 bits per heavy atom. The molecule has 0 aliphatic heterocycles. The molecule has 0 saturated heterocycles. The highest BCUT2D eigenvalue weighted by atomic mass is 127. The number of aryl methyl sites for hydroxylation is 1. The van der Waals surface area contributed by atoms with E-state index in [9.17, 15) is 0 Å². The predicted molar refractivity (Wildman–Crippen MR) is 111 cm³/mol. The largest absolute Gasteiger partial charge is 0.493 e. The van der Waals surface area contributed by atoms with Crippen LogP contribution in [0.15, 0.2) is 47.5 Å². The smallest absolute Gasteiger partial charge is 0.193 e. The van der Waals surface area contributed by atoms with Crippen LogP contribution in [-0.4, -0.2) is 31.4 Å². The first-order chi connectivity index (χ1) is 11.6. The summed E-state index contributed by atoms with van der Waals surface area (Å²) in [6.07, 6.45) is 0. The van der Waals surface area contributed by atoms with Crippen LogP contribution in [0.5, 0.6) is 11.5 Å². The Hall–Kier alpha value is -2.00. The van der Waals surface area contributed by atoms with Gasteiger partial charge in [-0.3, -0.25) is 0 Å². The van der Waals surface area contributed by atoms with Crippen LogP contribution >= 0.6 is 24.0 Å². The molecule has 7 heteroatoms. The van der Waals surface area contributed by atoms with Crippen molar-refractivity contribution in [3.05, 3.63) is 53.6 Å². The van der Waals surface area contributed by atoms with E-state index in [0.717, 1.165) is 11.3 Å². The van der Waals surface area contributed by atoms with Crippen LogP contribution in [0.3, 0.4) is 0 Å². The molecule has 0 fully saturated rings. The van der Waals surface area contributed by atoms with Crippen LogP contribution in [0, 0.1) is 6.92 Å². The number of rotatable bonds is 7. The lowest BCUT2D eigenvalue weighted by Gasteiger charge is -2.11. The number of halogens is 1. The number of benzene rings is 2. The summed E-state index contributed by atoms with van der Waals surface area (Å²) in [6.45, 7) is 2.63. The van der Waals surface area contributed by atoms with Gasteiger partial charge in [0.15, 0.2) is 17.5 Å². The van der Waals surface area contributed by atoms with Crippen molar-refractivity contribution in [2.45, 2.75) is 13.5 Å². The number of aliphatic imine (C=N–C) groups is 1. The van der Waals surface area contributed by atoms with Gasteiger partial charge in [-0.1, -0.05) is 23.8 Å². The molecule has 25 heavy (non-hydrogen) atoms. The second-order valence-electron chi connectivity index (χ2n) is 5.25. The van der Waals surface area contributed by atoms with Crippen molar-refractivity contribution in [1.82, 2.24) is 0 Å². The minimum Gasteiger partial charge on any atom is -0.493 e. The summed E-state index contributed by atoms with van der Waals surface area (Å²) in [7, 11) is 1.57. The van der Waals surface area contributed by atoms with Crippen molar-refractivity contribution in [2.24, 2.45) is 10.7 Å². The Balaban J connectivity index is 0.00000312. The molecule has 4 N–H and O–H groups in total. The van der Waals surface area contributed by atoms with Crippen LogP contribution in [-0.2, 0) is 6.54 Å². The van der Waals surface area contributed by atoms with E-state index in [1.165, 1.54) is 5.56 Å². The summed E-state index contributed by atoms with van der Waals surface area (Å²) in [5, 5.41) is 11.9. The zero-order chi connectivity index (χ0) is 17.4. The molecule has 0 amide bonds. The van der Waals surface area contributed by atoms with Gasteiger partial charge in [-0.2, -0.15) is 0 Å². The summed E-state index contributed by atoms with van der Waals surface area (Å²) in [4.78, 5) is 4.33. The van der Waals surface area contributed by atoms with Crippen LogP contribution in [0.2, 0.25) is 0 Å². The van der Waals surface area contributed by atoms with Gasteiger partial charge < -0.3 is 25.6 Å². The van der Waals surface area contributed by atoms with E-state index in [0.29, 0.717) is 24.0 Å². The van der Waals surface area contributed by atoms with Crippen LogP contribution < -0.4 is 20.5 Å². The normalized spacial score (nSPS) is 10.8. The highest BCUT2D eigenvalue weighted by Gasteiger charge is 2.05. The number of hydrogen-bond acceptors (Lipinski definition) is 4. The average Bonchev–Trinajstić information content (AvgIpc) is 2.60. The Kier molecular flexibility index (Phi) is 9.07. The van der Waals surface area contributed by atoms with E-state index in [-0.39, 0.29) is 37.2 Å². The Morgan fingerprint density at radius 3 is 2.52 bits per heavy atom. The lowest BCUT2D eigenvalue weighted by atomic mass is 10.2. The van der Waals surface area contributed by atoms with Crippen LogP contribution in [0.1, 0.15) is 11.1 Å². The molecule has 0 aromatic heterocycles. The van der Waals surface area contributed by atoms with E-state index in [4.69, 9.17) is 20.3 Å². The molecule has 0 atom stereocenters. The van der Waals surface area contributed by atoms with E-state index in [1.54, 1.807) is 13.2 Å². The zero-order valence-corrected chi connectivity index (χ0v) is 16.7. The SMILES string of the molecule is COc1cc(CN=C(N)Nc2ccc(C)cc2)ccc1OCCO.I. The first-order valence-electron chi connectivity index (χ1n) is 7.66. The highest BCUT2D eigenvalue weighted by Crippen LogP contribution is 2.28. The van der Waals surface area contributed by atoms with Crippen molar-refractivity contribution in [2.75, 3.05) is 25.6 Å². The van der Waals surface area contributed by atoms with E-state index < -0.39 is 0 Å². The third kappa shape index (κ3) is 6.79. The molecule has 0 aliphatic rings. The van der Waals surface area contributed by atoms with E-state index in [2.05, 4.69) is 10.3 Å². The molecule has 136 valence electrons. The van der Waals surface area contributed by atoms with Gasteiger partial charge >= 0.3 is 0 Å². The number of hydrogen-bond donors (Lipinski definition) is 3. The molecule has 0 bridgehead atoms. The van der Waals surface area contributed by atoms with Crippen molar-refractivity contribution in [3.8, 4) is 11.5 Å². The molecule has 2 aromatic rings. The van der Waals surface area contributed by atoms with Gasteiger partial charge in [-0.15, -0.1) is 24.0 Å². The number of nitrogens with zero attached hydrogens (tertiary/aromatic N) is 1. The number of ether oxygens (including phenoxy) is 2. The summed E-state index contributed by atoms with van der Waals surface area (Å²) >= 11 is 0. The molecule has 0 spiro atoms. The number of guanidine groups is 1. The van der Waals surface area contributed by atoms with Gasteiger partial charge in [0.1, 0.15) is 6.61 Å². The lowest BCUT2D eigenvalue weighted by Crippen LogP contribution is -2.22. The molecular weight excluding hydrogens is 433 g/mol. The fourth-order valence-corrected chi connectivity index (χ4v) is 2.09. The Labute approximate surface area is 165 Å². The van der Waals surface area contributed by atoms with Gasteiger partial charge in [-0.05, 0) is 36.8 Å². The topological polar surface area (TPSA) is 89.1 Å². The minimum absolute atomic E-state index is 0. The molecule has 0 aliphatic carbocycles.